The Morgan fingerprint density at radius 3 is 2.31 bits per heavy atom. The molecule has 0 saturated heterocycles. The molecule has 5 heteroatoms. The second-order valence-electron chi connectivity index (χ2n) is 9.07. The van der Waals surface area contributed by atoms with Gasteiger partial charge in [-0.1, -0.05) is 84.1 Å². The summed E-state index contributed by atoms with van der Waals surface area (Å²) in [5.41, 5.74) is 6.80. The van der Waals surface area contributed by atoms with Gasteiger partial charge in [-0.05, 0) is 71.4 Å². The first-order valence-corrected chi connectivity index (χ1v) is 13.0. The van der Waals surface area contributed by atoms with Crippen molar-refractivity contribution in [1.82, 2.24) is 4.57 Å². The maximum absolute atomic E-state index is 13.8. The summed E-state index contributed by atoms with van der Waals surface area (Å²) in [6, 6.07) is 28.4. The minimum Gasteiger partial charge on any atom is -0.497 e. The van der Waals surface area contributed by atoms with Crippen LogP contribution in [0.2, 0.25) is 0 Å². The quantitative estimate of drug-likeness (QED) is 0.380. The number of thiazole rings is 1. The number of benzene rings is 3. The van der Waals surface area contributed by atoms with Gasteiger partial charge in [-0.3, -0.25) is 9.36 Å². The molecular weight excluding hydrogens is 464 g/mol. The highest BCUT2D eigenvalue weighted by molar-refractivity contribution is 7.07. The molecule has 4 nitrogen and oxygen atoms in total. The molecule has 1 aliphatic heterocycles. The molecule has 0 amide bonds. The van der Waals surface area contributed by atoms with Crippen molar-refractivity contribution in [3.63, 3.8) is 0 Å². The van der Waals surface area contributed by atoms with E-state index in [0.29, 0.717) is 4.53 Å². The summed E-state index contributed by atoms with van der Waals surface area (Å²) in [6.07, 6.45) is 7.18. The summed E-state index contributed by atoms with van der Waals surface area (Å²) < 4.78 is 7.87. The summed E-state index contributed by atoms with van der Waals surface area (Å²) in [5.74, 6) is 0.795. The number of hydrogen-bond donors (Lipinski definition) is 0. The second kappa shape index (κ2) is 9.59. The molecule has 2 aliphatic rings. The van der Waals surface area contributed by atoms with E-state index in [4.69, 9.17) is 9.73 Å². The van der Waals surface area contributed by atoms with E-state index in [1.807, 2.05) is 59.2 Å². The SMILES string of the molecule is COc1ccc(C=c2sc3n(c2=O)[C@@H](c2ccccc2)C2=C(N=3)/C(=C\c3ccccc3)CCC2)cc1. The van der Waals surface area contributed by atoms with E-state index in [1.165, 1.54) is 28.0 Å². The lowest BCUT2D eigenvalue weighted by molar-refractivity contribution is 0.415. The third kappa shape index (κ3) is 4.16. The van der Waals surface area contributed by atoms with Gasteiger partial charge in [0.1, 0.15) is 5.75 Å². The fourth-order valence-electron chi connectivity index (χ4n) is 5.09. The van der Waals surface area contributed by atoms with E-state index in [-0.39, 0.29) is 11.6 Å². The number of allylic oxidation sites excluding steroid dienone is 2. The van der Waals surface area contributed by atoms with Crippen LogP contribution in [0.1, 0.15) is 42.0 Å². The minimum atomic E-state index is -0.144. The van der Waals surface area contributed by atoms with Gasteiger partial charge in [0, 0.05) is 0 Å². The molecule has 4 aromatic rings. The molecule has 1 aliphatic carbocycles. The van der Waals surface area contributed by atoms with Gasteiger partial charge < -0.3 is 4.74 Å². The summed E-state index contributed by atoms with van der Waals surface area (Å²) in [7, 11) is 1.65. The third-order valence-corrected chi connectivity index (χ3v) is 7.79. The molecule has 0 radical (unpaired) electrons. The van der Waals surface area contributed by atoms with Crippen molar-refractivity contribution in [1.29, 1.82) is 0 Å². The molecule has 0 saturated carbocycles. The van der Waals surface area contributed by atoms with E-state index in [2.05, 4.69) is 42.5 Å². The smallest absolute Gasteiger partial charge is 0.271 e. The zero-order chi connectivity index (χ0) is 24.5. The van der Waals surface area contributed by atoms with Crippen LogP contribution in [0.15, 0.2) is 112 Å². The second-order valence-corrected chi connectivity index (χ2v) is 10.1. The molecule has 36 heavy (non-hydrogen) atoms. The van der Waals surface area contributed by atoms with Crippen molar-refractivity contribution in [3.8, 4) is 5.75 Å². The van der Waals surface area contributed by atoms with Crippen LogP contribution in [-0.2, 0) is 0 Å². The molecule has 3 aromatic carbocycles. The molecule has 0 bridgehead atoms. The van der Waals surface area contributed by atoms with Crippen molar-refractivity contribution in [2.24, 2.45) is 4.99 Å². The first-order chi connectivity index (χ1) is 17.7. The van der Waals surface area contributed by atoms with Crippen LogP contribution in [0.5, 0.6) is 5.75 Å². The van der Waals surface area contributed by atoms with Crippen LogP contribution >= 0.6 is 11.3 Å². The summed E-state index contributed by atoms with van der Waals surface area (Å²) in [6.45, 7) is 0. The molecule has 0 spiro atoms. The topological polar surface area (TPSA) is 43.6 Å². The molecule has 0 N–H and O–H groups in total. The Kier molecular flexibility index (Phi) is 5.99. The molecule has 0 fully saturated rings. The number of ether oxygens (including phenoxy) is 1. The van der Waals surface area contributed by atoms with Crippen LogP contribution in [0.3, 0.4) is 0 Å². The van der Waals surface area contributed by atoms with E-state index >= 15 is 0 Å². The van der Waals surface area contributed by atoms with Crippen LogP contribution in [0, 0.1) is 0 Å². The Morgan fingerprint density at radius 1 is 0.889 bits per heavy atom. The highest BCUT2D eigenvalue weighted by atomic mass is 32.1. The minimum absolute atomic E-state index is 0.00846. The molecule has 1 atom stereocenters. The van der Waals surface area contributed by atoms with E-state index in [1.54, 1.807) is 7.11 Å². The fraction of sp³-hybridized carbons (Fsp3) is 0.161. The molecule has 1 aromatic heterocycles. The lowest BCUT2D eigenvalue weighted by atomic mass is 9.84. The Bertz CT molecular complexity index is 1640. The number of hydrogen-bond acceptors (Lipinski definition) is 4. The van der Waals surface area contributed by atoms with Gasteiger partial charge >= 0.3 is 0 Å². The number of aromatic nitrogens is 1. The highest BCUT2D eigenvalue weighted by Crippen LogP contribution is 2.40. The lowest BCUT2D eigenvalue weighted by Crippen LogP contribution is -2.39. The normalized spacial score (nSPS) is 18.5. The highest BCUT2D eigenvalue weighted by Gasteiger charge is 2.32. The maximum Gasteiger partial charge on any atom is 0.271 e. The third-order valence-electron chi connectivity index (χ3n) is 6.80. The predicted molar refractivity (Wildman–Crippen MR) is 146 cm³/mol. The van der Waals surface area contributed by atoms with Crippen molar-refractivity contribution in [2.75, 3.05) is 7.11 Å². The van der Waals surface area contributed by atoms with Gasteiger partial charge in [0.25, 0.3) is 5.56 Å². The van der Waals surface area contributed by atoms with E-state index in [0.717, 1.165) is 46.6 Å². The molecule has 178 valence electrons. The van der Waals surface area contributed by atoms with Gasteiger partial charge in [0.05, 0.1) is 23.4 Å². The molecule has 2 heterocycles. The Morgan fingerprint density at radius 2 is 1.58 bits per heavy atom. The van der Waals surface area contributed by atoms with Crippen molar-refractivity contribution < 1.29 is 4.74 Å². The van der Waals surface area contributed by atoms with Crippen LogP contribution in [-0.4, -0.2) is 11.7 Å². The number of methoxy groups -OCH3 is 1. The van der Waals surface area contributed by atoms with Gasteiger partial charge in [-0.2, -0.15) is 0 Å². The average Bonchev–Trinajstić information content (AvgIpc) is 3.23. The first-order valence-electron chi connectivity index (χ1n) is 12.2. The summed E-state index contributed by atoms with van der Waals surface area (Å²) in [4.78, 5) is 19.7. The number of rotatable bonds is 4. The number of nitrogens with zero attached hydrogens (tertiary/aromatic N) is 2. The largest absolute Gasteiger partial charge is 0.497 e. The first kappa shape index (κ1) is 22.5. The Labute approximate surface area is 213 Å². The zero-order valence-electron chi connectivity index (χ0n) is 20.1. The molecule has 0 unspecified atom stereocenters. The summed E-state index contributed by atoms with van der Waals surface area (Å²) in [5, 5.41) is 0. The zero-order valence-corrected chi connectivity index (χ0v) is 20.9. The molecular formula is C31H26N2O2S. The fourth-order valence-corrected chi connectivity index (χ4v) is 6.10. The van der Waals surface area contributed by atoms with Crippen molar-refractivity contribution in [3.05, 3.63) is 138 Å². The van der Waals surface area contributed by atoms with Crippen molar-refractivity contribution >= 4 is 23.5 Å². The van der Waals surface area contributed by atoms with Gasteiger partial charge in [-0.15, -0.1) is 0 Å². The van der Waals surface area contributed by atoms with Gasteiger partial charge in [-0.25, -0.2) is 4.99 Å². The lowest BCUT2D eigenvalue weighted by Gasteiger charge is -2.31. The van der Waals surface area contributed by atoms with Crippen LogP contribution in [0.4, 0.5) is 0 Å². The standard InChI is InChI=1S/C31H26N2O2S/c1-35-25-17-15-22(16-18-25)20-27-30(34)33-29(23-11-6-3-7-12-23)26-14-8-13-24(28(26)32-31(33)36-27)19-21-9-4-2-5-10-21/h2-7,9-12,15-20,29H,8,13-14H2,1H3/b24-19-,27-20?/t29-/m0/s1. The van der Waals surface area contributed by atoms with Gasteiger partial charge in [0.2, 0.25) is 0 Å². The van der Waals surface area contributed by atoms with E-state index < -0.39 is 0 Å². The number of fused-ring (bicyclic) bond motifs is 1. The average molecular weight is 491 g/mol. The van der Waals surface area contributed by atoms with Crippen LogP contribution in [0.25, 0.3) is 12.2 Å². The van der Waals surface area contributed by atoms with Crippen molar-refractivity contribution in [2.45, 2.75) is 25.3 Å². The maximum atomic E-state index is 13.8. The Hall–Kier alpha value is -3.96. The van der Waals surface area contributed by atoms with Crippen LogP contribution < -0.4 is 19.6 Å². The monoisotopic (exact) mass is 490 g/mol. The Balaban J connectivity index is 1.55. The molecule has 6 rings (SSSR count). The van der Waals surface area contributed by atoms with E-state index in [9.17, 15) is 4.79 Å². The summed E-state index contributed by atoms with van der Waals surface area (Å²) >= 11 is 1.46. The predicted octanol–water partition coefficient (Wildman–Crippen LogP) is 5.49. The van der Waals surface area contributed by atoms with Gasteiger partial charge in [0.15, 0.2) is 4.80 Å².